The number of thioether (sulfide) groups is 1. The Bertz CT molecular complexity index is 1170. The number of aliphatic carboxylic acids is 1. The van der Waals surface area contributed by atoms with Crippen molar-refractivity contribution in [1.29, 1.82) is 0 Å². The van der Waals surface area contributed by atoms with E-state index < -0.39 is 18.0 Å². The number of fused-ring (bicyclic) bond motifs is 1. The molecular weight excluding hydrogens is 472 g/mol. The first-order valence-corrected chi connectivity index (χ1v) is 13.7. The molecule has 1 saturated heterocycles. The molecule has 36 heavy (non-hydrogen) atoms. The standard InChI is InChI=1S/C29H36N2O4S/c1-20-5-3-6-23(17-20)36-16-4-14-31-15-12-21(26(19-31)29(33)34)7-10-28(32)24-11-13-30-27-9-8-22(35-2)18-25(24)27/h3,5-6,8-9,11,13,17-18,21,26,28,32H,4,7,10,12,14-16,19H2,1-2H3,(H,33,34)/t21-,26+,28+/m1/s1. The van der Waals surface area contributed by atoms with Gasteiger partial charge >= 0.3 is 5.97 Å². The topological polar surface area (TPSA) is 82.9 Å². The summed E-state index contributed by atoms with van der Waals surface area (Å²) in [6.45, 7) is 4.52. The van der Waals surface area contributed by atoms with Crippen molar-refractivity contribution in [2.24, 2.45) is 11.8 Å². The number of benzene rings is 2. The van der Waals surface area contributed by atoms with Crippen LogP contribution in [-0.2, 0) is 4.79 Å². The van der Waals surface area contributed by atoms with Crippen molar-refractivity contribution in [2.75, 3.05) is 32.5 Å². The van der Waals surface area contributed by atoms with Gasteiger partial charge in [0.15, 0.2) is 0 Å². The number of likely N-dealkylation sites (tertiary alicyclic amines) is 1. The van der Waals surface area contributed by atoms with E-state index >= 15 is 0 Å². The lowest BCUT2D eigenvalue weighted by atomic mass is 9.81. The first-order chi connectivity index (χ1) is 17.4. The SMILES string of the molecule is COc1ccc2nccc([C@@H](O)CC[C@@H]3CCN(CCCSc4cccc(C)c4)C[C@@H]3C(=O)O)c2c1. The quantitative estimate of drug-likeness (QED) is 0.259. The van der Waals surface area contributed by atoms with Gasteiger partial charge in [-0.15, -0.1) is 11.8 Å². The Labute approximate surface area is 217 Å². The van der Waals surface area contributed by atoms with Gasteiger partial charge in [-0.3, -0.25) is 9.78 Å². The molecule has 0 spiro atoms. The number of nitrogens with zero attached hydrogens (tertiary/aromatic N) is 2. The molecule has 1 aliphatic heterocycles. The number of methoxy groups -OCH3 is 1. The zero-order chi connectivity index (χ0) is 25.5. The van der Waals surface area contributed by atoms with Gasteiger partial charge in [-0.25, -0.2) is 0 Å². The lowest BCUT2D eigenvalue weighted by molar-refractivity contribution is -0.146. The van der Waals surface area contributed by atoms with E-state index in [4.69, 9.17) is 4.74 Å². The minimum absolute atomic E-state index is 0.0673. The number of ether oxygens (including phenoxy) is 1. The smallest absolute Gasteiger partial charge is 0.308 e. The van der Waals surface area contributed by atoms with Gasteiger partial charge < -0.3 is 19.8 Å². The number of carboxylic acid groups (broad SMARTS) is 1. The normalized spacial score (nSPS) is 19.3. The second-order valence-corrected chi connectivity index (χ2v) is 10.9. The van der Waals surface area contributed by atoms with Crippen LogP contribution >= 0.6 is 11.8 Å². The molecule has 0 aliphatic carbocycles. The van der Waals surface area contributed by atoms with Crippen molar-refractivity contribution in [3.63, 3.8) is 0 Å². The molecule has 192 valence electrons. The summed E-state index contributed by atoms with van der Waals surface area (Å²) in [6.07, 6.45) is 4.13. The zero-order valence-corrected chi connectivity index (χ0v) is 21.9. The van der Waals surface area contributed by atoms with E-state index in [9.17, 15) is 15.0 Å². The number of pyridine rings is 1. The second kappa shape index (κ2) is 12.6. The Morgan fingerprint density at radius 3 is 2.89 bits per heavy atom. The molecular formula is C29H36N2O4S. The number of aromatic nitrogens is 1. The number of carboxylic acids is 1. The fourth-order valence-electron chi connectivity index (χ4n) is 5.17. The highest BCUT2D eigenvalue weighted by molar-refractivity contribution is 7.99. The molecule has 0 amide bonds. The van der Waals surface area contributed by atoms with Crippen molar-refractivity contribution in [3.05, 3.63) is 65.9 Å². The van der Waals surface area contributed by atoms with Crippen molar-refractivity contribution in [3.8, 4) is 5.75 Å². The number of aliphatic hydroxyl groups is 1. The van der Waals surface area contributed by atoms with Gasteiger partial charge in [0.1, 0.15) is 5.75 Å². The van der Waals surface area contributed by atoms with E-state index in [0.717, 1.165) is 53.9 Å². The van der Waals surface area contributed by atoms with E-state index in [2.05, 4.69) is 41.1 Å². The number of piperidine rings is 1. The Morgan fingerprint density at radius 2 is 2.11 bits per heavy atom. The van der Waals surface area contributed by atoms with Gasteiger partial charge in [0.05, 0.1) is 24.6 Å². The van der Waals surface area contributed by atoms with Crippen molar-refractivity contribution >= 4 is 28.6 Å². The first kappa shape index (κ1) is 26.5. The number of hydrogen-bond donors (Lipinski definition) is 2. The Hall–Kier alpha value is -2.61. The van der Waals surface area contributed by atoms with Crippen LogP contribution < -0.4 is 4.74 Å². The Kier molecular flexibility index (Phi) is 9.24. The summed E-state index contributed by atoms with van der Waals surface area (Å²) in [5.74, 6) is 0.687. The average Bonchev–Trinajstić information content (AvgIpc) is 2.89. The number of rotatable bonds is 11. The largest absolute Gasteiger partial charge is 0.497 e. The first-order valence-electron chi connectivity index (χ1n) is 12.7. The van der Waals surface area contributed by atoms with Gasteiger partial charge in [-0.05, 0) is 99.3 Å². The fourth-order valence-corrected chi connectivity index (χ4v) is 6.12. The molecule has 1 aromatic heterocycles. The minimum Gasteiger partial charge on any atom is -0.497 e. The lowest BCUT2D eigenvalue weighted by Crippen LogP contribution is -2.44. The molecule has 4 rings (SSSR count). The van der Waals surface area contributed by atoms with Crippen LogP contribution in [0.25, 0.3) is 10.9 Å². The van der Waals surface area contributed by atoms with Gasteiger partial charge in [0.25, 0.3) is 0 Å². The molecule has 6 nitrogen and oxygen atoms in total. The molecule has 0 bridgehead atoms. The van der Waals surface area contributed by atoms with Crippen molar-refractivity contribution < 1.29 is 19.7 Å². The molecule has 2 heterocycles. The predicted molar refractivity (Wildman–Crippen MR) is 145 cm³/mol. The highest BCUT2D eigenvalue weighted by Crippen LogP contribution is 2.34. The van der Waals surface area contributed by atoms with Gasteiger partial charge in [-0.2, -0.15) is 0 Å². The predicted octanol–water partition coefficient (Wildman–Crippen LogP) is 5.57. The highest BCUT2D eigenvalue weighted by atomic mass is 32.2. The average molecular weight is 509 g/mol. The second-order valence-electron chi connectivity index (χ2n) is 9.69. The summed E-state index contributed by atoms with van der Waals surface area (Å²) < 4.78 is 5.34. The van der Waals surface area contributed by atoms with Crippen molar-refractivity contribution in [2.45, 2.75) is 43.6 Å². The molecule has 0 saturated carbocycles. The molecule has 2 N–H and O–H groups in total. The summed E-state index contributed by atoms with van der Waals surface area (Å²) in [7, 11) is 1.62. The number of hydrogen-bond acceptors (Lipinski definition) is 6. The van der Waals surface area contributed by atoms with Crippen LogP contribution in [0.15, 0.2) is 59.6 Å². The molecule has 3 aromatic rings. The molecule has 1 aliphatic rings. The number of carbonyl (C=O) groups is 1. The summed E-state index contributed by atoms with van der Waals surface area (Å²) in [5, 5.41) is 21.8. The summed E-state index contributed by atoms with van der Waals surface area (Å²) in [5.41, 5.74) is 2.90. The molecule has 1 fully saturated rings. The maximum Gasteiger partial charge on any atom is 0.308 e. The maximum atomic E-state index is 12.1. The summed E-state index contributed by atoms with van der Waals surface area (Å²) in [4.78, 5) is 20.1. The van der Waals surface area contributed by atoms with Crippen molar-refractivity contribution in [1.82, 2.24) is 9.88 Å². The van der Waals surface area contributed by atoms with Crippen LogP contribution in [0.3, 0.4) is 0 Å². The molecule has 2 aromatic carbocycles. The van der Waals surface area contributed by atoms with E-state index in [0.29, 0.717) is 19.4 Å². The van der Waals surface area contributed by atoms with E-state index in [1.807, 2.05) is 36.0 Å². The van der Waals surface area contributed by atoms with E-state index in [1.165, 1.54) is 10.5 Å². The molecule has 3 atom stereocenters. The van der Waals surface area contributed by atoms with Crippen LogP contribution in [0.5, 0.6) is 5.75 Å². The summed E-state index contributed by atoms with van der Waals surface area (Å²) in [6, 6.07) is 16.0. The molecule has 0 radical (unpaired) electrons. The Morgan fingerprint density at radius 1 is 1.25 bits per heavy atom. The zero-order valence-electron chi connectivity index (χ0n) is 21.1. The van der Waals surface area contributed by atoms with Crippen LogP contribution in [0, 0.1) is 18.8 Å². The van der Waals surface area contributed by atoms with Gasteiger partial charge in [0.2, 0.25) is 0 Å². The van der Waals surface area contributed by atoms with E-state index in [1.54, 1.807) is 13.3 Å². The molecule has 7 heteroatoms. The highest BCUT2D eigenvalue weighted by Gasteiger charge is 2.34. The van der Waals surface area contributed by atoms with Gasteiger partial charge in [-0.1, -0.05) is 17.7 Å². The lowest BCUT2D eigenvalue weighted by Gasteiger charge is -2.37. The van der Waals surface area contributed by atoms with Gasteiger partial charge in [0, 0.05) is 23.0 Å². The third kappa shape index (κ3) is 6.78. The minimum atomic E-state index is -0.729. The van der Waals surface area contributed by atoms with Crippen LogP contribution in [0.4, 0.5) is 0 Å². The van der Waals surface area contributed by atoms with E-state index in [-0.39, 0.29) is 5.92 Å². The third-order valence-corrected chi connectivity index (χ3v) is 8.27. The maximum absolute atomic E-state index is 12.1. The third-order valence-electron chi connectivity index (χ3n) is 7.19. The number of aryl methyl sites for hydroxylation is 1. The van der Waals surface area contributed by atoms with Crippen LogP contribution in [0.1, 0.15) is 42.9 Å². The fraction of sp³-hybridized carbons (Fsp3) is 0.448. The van der Waals surface area contributed by atoms with Crippen LogP contribution in [0.2, 0.25) is 0 Å². The number of aliphatic hydroxyl groups excluding tert-OH is 1. The summed E-state index contributed by atoms with van der Waals surface area (Å²) >= 11 is 1.86. The monoisotopic (exact) mass is 508 g/mol. The Balaban J connectivity index is 1.29. The van der Waals surface area contributed by atoms with Crippen LogP contribution in [-0.4, -0.2) is 58.6 Å². The molecule has 0 unspecified atom stereocenters.